The Bertz CT molecular complexity index is 810. The highest BCUT2D eigenvalue weighted by atomic mass is 32.2. The molecule has 9 heteroatoms. The SMILES string of the molecule is Cc1ccc(C(=O)NC2(C(=O)O)CC2)cc1S(=O)(=O)N1CCOCC1. The predicted molar refractivity (Wildman–Crippen MR) is 87.8 cm³/mol. The Labute approximate surface area is 145 Å². The van der Waals surface area contributed by atoms with Crippen LogP contribution in [0.3, 0.4) is 0 Å². The molecule has 1 amide bonds. The first-order valence-corrected chi connectivity index (χ1v) is 9.45. The quantitative estimate of drug-likeness (QED) is 0.776. The molecule has 0 radical (unpaired) electrons. The van der Waals surface area contributed by atoms with Gasteiger partial charge in [-0.2, -0.15) is 4.31 Å². The van der Waals surface area contributed by atoms with Crippen LogP contribution >= 0.6 is 0 Å². The van der Waals surface area contributed by atoms with Gasteiger partial charge in [0.15, 0.2) is 0 Å². The van der Waals surface area contributed by atoms with E-state index in [0.29, 0.717) is 31.6 Å². The zero-order valence-corrected chi connectivity index (χ0v) is 14.6. The smallest absolute Gasteiger partial charge is 0.329 e. The molecule has 0 atom stereocenters. The molecule has 2 aliphatic rings. The number of aliphatic carboxylic acids is 1. The molecule has 1 aromatic rings. The minimum absolute atomic E-state index is 0.0576. The third-order valence-electron chi connectivity index (χ3n) is 4.55. The molecule has 0 bridgehead atoms. The highest BCUT2D eigenvalue weighted by molar-refractivity contribution is 7.89. The second-order valence-electron chi connectivity index (χ2n) is 6.34. The van der Waals surface area contributed by atoms with Crippen LogP contribution < -0.4 is 5.32 Å². The molecule has 136 valence electrons. The van der Waals surface area contributed by atoms with E-state index in [0.717, 1.165) is 0 Å². The fourth-order valence-electron chi connectivity index (χ4n) is 2.75. The first-order chi connectivity index (χ1) is 11.8. The summed E-state index contributed by atoms with van der Waals surface area (Å²) < 4.78 is 32.2. The van der Waals surface area contributed by atoms with E-state index in [4.69, 9.17) is 9.84 Å². The van der Waals surface area contributed by atoms with Crippen LogP contribution in [0.4, 0.5) is 0 Å². The van der Waals surface area contributed by atoms with Crippen molar-refractivity contribution in [2.24, 2.45) is 0 Å². The Kier molecular flexibility index (Phi) is 4.56. The molecule has 1 saturated carbocycles. The van der Waals surface area contributed by atoms with Crippen LogP contribution in [0.15, 0.2) is 23.1 Å². The maximum atomic E-state index is 12.8. The van der Waals surface area contributed by atoms with Gasteiger partial charge < -0.3 is 15.2 Å². The summed E-state index contributed by atoms with van der Waals surface area (Å²) in [5.74, 6) is -1.66. The van der Waals surface area contributed by atoms with Crippen molar-refractivity contribution in [3.8, 4) is 0 Å². The van der Waals surface area contributed by atoms with Gasteiger partial charge in [0.1, 0.15) is 5.54 Å². The molecule has 0 aromatic heterocycles. The molecular weight excluding hydrogens is 348 g/mol. The van der Waals surface area contributed by atoms with Crippen LogP contribution in [0, 0.1) is 6.92 Å². The van der Waals surface area contributed by atoms with E-state index in [1.165, 1.54) is 16.4 Å². The van der Waals surface area contributed by atoms with Gasteiger partial charge in [-0.1, -0.05) is 6.07 Å². The molecule has 25 heavy (non-hydrogen) atoms. The fourth-order valence-corrected chi connectivity index (χ4v) is 4.41. The highest BCUT2D eigenvalue weighted by Gasteiger charge is 2.51. The third-order valence-corrected chi connectivity index (χ3v) is 6.59. The van der Waals surface area contributed by atoms with Crippen LogP contribution in [0.2, 0.25) is 0 Å². The van der Waals surface area contributed by atoms with E-state index < -0.39 is 27.4 Å². The predicted octanol–water partition coefficient (Wildman–Crippen LogP) is 0.363. The molecule has 3 rings (SSSR count). The minimum atomic E-state index is -3.74. The van der Waals surface area contributed by atoms with Gasteiger partial charge in [-0.15, -0.1) is 0 Å². The Morgan fingerprint density at radius 3 is 2.44 bits per heavy atom. The van der Waals surface area contributed by atoms with Crippen molar-refractivity contribution < 1.29 is 27.9 Å². The van der Waals surface area contributed by atoms with Gasteiger partial charge in [0.05, 0.1) is 18.1 Å². The summed E-state index contributed by atoms with van der Waals surface area (Å²) in [7, 11) is -3.74. The van der Waals surface area contributed by atoms with Crippen molar-refractivity contribution in [1.82, 2.24) is 9.62 Å². The number of hydrogen-bond donors (Lipinski definition) is 2. The van der Waals surface area contributed by atoms with E-state index in [1.807, 2.05) is 0 Å². The molecule has 1 heterocycles. The van der Waals surface area contributed by atoms with Crippen LogP contribution in [-0.4, -0.2) is 61.5 Å². The Morgan fingerprint density at radius 2 is 1.88 bits per heavy atom. The van der Waals surface area contributed by atoms with Crippen LogP contribution in [-0.2, 0) is 19.6 Å². The lowest BCUT2D eigenvalue weighted by Gasteiger charge is -2.26. The van der Waals surface area contributed by atoms with Crippen LogP contribution in [0.25, 0.3) is 0 Å². The highest BCUT2D eigenvalue weighted by Crippen LogP contribution is 2.36. The summed E-state index contributed by atoms with van der Waals surface area (Å²) in [6, 6.07) is 4.37. The lowest BCUT2D eigenvalue weighted by atomic mass is 10.1. The second kappa shape index (κ2) is 6.40. The van der Waals surface area contributed by atoms with Gasteiger partial charge in [-0.05, 0) is 37.5 Å². The molecule has 1 aliphatic carbocycles. The van der Waals surface area contributed by atoms with Gasteiger partial charge in [0, 0.05) is 18.7 Å². The average molecular weight is 368 g/mol. The fraction of sp³-hybridized carbons (Fsp3) is 0.500. The summed E-state index contributed by atoms with van der Waals surface area (Å²) in [5, 5.41) is 11.7. The van der Waals surface area contributed by atoms with Crippen molar-refractivity contribution in [3.63, 3.8) is 0 Å². The number of carbonyl (C=O) groups excluding carboxylic acids is 1. The summed E-state index contributed by atoms with van der Waals surface area (Å²) >= 11 is 0. The molecule has 0 unspecified atom stereocenters. The number of ether oxygens (including phenoxy) is 1. The maximum Gasteiger partial charge on any atom is 0.329 e. The first kappa shape index (κ1) is 17.8. The van der Waals surface area contributed by atoms with Crippen molar-refractivity contribution in [3.05, 3.63) is 29.3 Å². The van der Waals surface area contributed by atoms with Crippen molar-refractivity contribution in [1.29, 1.82) is 0 Å². The summed E-state index contributed by atoms with van der Waals surface area (Å²) in [5.41, 5.74) is -0.557. The number of carbonyl (C=O) groups is 2. The first-order valence-electron chi connectivity index (χ1n) is 8.01. The van der Waals surface area contributed by atoms with E-state index in [2.05, 4.69) is 5.32 Å². The van der Waals surface area contributed by atoms with Gasteiger partial charge in [0.25, 0.3) is 5.91 Å². The number of nitrogens with zero attached hydrogens (tertiary/aromatic N) is 1. The zero-order valence-electron chi connectivity index (χ0n) is 13.8. The number of amides is 1. The van der Waals surface area contributed by atoms with Gasteiger partial charge >= 0.3 is 5.97 Å². The van der Waals surface area contributed by atoms with E-state index in [-0.39, 0.29) is 23.5 Å². The van der Waals surface area contributed by atoms with Gasteiger partial charge in [-0.25, -0.2) is 13.2 Å². The lowest BCUT2D eigenvalue weighted by molar-refractivity contribution is -0.140. The molecule has 1 saturated heterocycles. The van der Waals surface area contributed by atoms with E-state index in [9.17, 15) is 18.0 Å². The number of sulfonamides is 1. The number of benzene rings is 1. The molecule has 1 aromatic carbocycles. The van der Waals surface area contributed by atoms with Gasteiger partial charge in [-0.3, -0.25) is 4.79 Å². The number of hydrogen-bond acceptors (Lipinski definition) is 5. The van der Waals surface area contributed by atoms with Crippen molar-refractivity contribution in [2.45, 2.75) is 30.2 Å². The molecule has 2 fully saturated rings. The molecule has 1 aliphatic heterocycles. The van der Waals surface area contributed by atoms with Crippen molar-refractivity contribution >= 4 is 21.9 Å². The molecule has 8 nitrogen and oxygen atoms in total. The van der Waals surface area contributed by atoms with E-state index in [1.54, 1.807) is 13.0 Å². The van der Waals surface area contributed by atoms with Crippen molar-refractivity contribution in [2.75, 3.05) is 26.3 Å². The second-order valence-corrected chi connectivity index (χ2v) is 8.24. The number of carboxylic acids is 1. The average Bonchev–Trinajstić information content (AvgIpc) is 3.36. The topological polar surface area (TPSA) is 113 Å². The molecule has 0 spiro atoms. The molecule has 2 N–H and O–H groups in total. The normalized spacial score (nSPS) is 20.0. The summed E-state index contributed by atoms with van der Waals surface area (Å²) in [4.78, 5) is 23.6. The zero-order chi connectivity index (χ0) is 18.2. The number of aryl methyl sites for hydroxylation is 1. The maximum absolute atomic E-state index is 12.8. The summed E-state index contributed by atoms with van der Waals surface area (Å²) in [6.45, 7) is 2.86. The number of morpholine rings is 1. The number of carboxylic acid groups (broad SMARTS) is 1. The lowest BCUT2D eigenvalue weighted by Crippen LogP contribution is -2.43. The standard InChI is InChI=1S/C16H20N2O6S/c1-11-2-3-12(14(19)17-16(4-5-16)15(20)21)10-13(11)25(22,23)18-6-8-24-9-7-18/h2-3,10H,4-9H2,1H3,(H,17,19)(H,20,21). The van der Waals surface area contributed by atoms with Gasteiger partial charge in [0.2, 0.25) is 10.0 Å². The Balaban J connectivity index is 1.88. The monoisotopic (exact) mass is 368 g/mol. The number of rotatable bonds is 5. The third kappa shape index (κ3) is 3.39. The largest absolute Gasteiger partial charge is 0.480 e. The van der Waals surface area contributed by atoms with Crippen LogP contribution in [0.1, 0.15) is 28.8 Å². The Morgan fingerprint density at radius 1 is 1.24 bits per heavy atom. The summed E-state index contributed by atoms with van der Waals surface area (Å²) in [6.07, 6.45) is 0.748. The van der Waals surface area contributed by atoms with Crippen LogP contribution in [0.5, 0.6) is 0 Å². The van der Waals surface area contributed by atoms with E-state index >= 15 is 0 Å². The Hall–Kier alpha value is -1.97. The molecular formula is C16H20N2O6S. The minimum Gasteiger partial charge on any atom is -0.480 e. The number of nitrogens with one attached hydrogen (secondary N) is 1.